The number of hydrogen-bond donors (Lipinski definition) is 1. The van der Waals surface area contributed by atoms with E-state index in [9.17, 15) is 4.79 Å². The average molecular weight is 247 g/mol. The molecule has 2 atom stereocenters. The highest BCUT2D eigenvalue weighted by Crippen LogP contribution is 2.22. The summed E-state index contributed by atoms with van der Waals surface area (Å²) in [6.07, 6.45) is 1.05. The average Bonchev–Trinajstić information content (AvgIpc) is 2.58. The van der Waals surface area contributed by atoms with Crippen molar-refractivity contribution < 1.29 is 10.1 Å². The van der Waals surface area contributed by atoms with Gasteiger partial charge in [0.05, 0.1) is 0 Å². The maximum Gasteiger partial charge on any atom is 0.285 e. The lowest BCUT2D eigenvalue weighted by Gasteiger charge is -2.28. The Morgan fingerprint density at radius 2 is 1.83 bits per heavy atom. The predicted octanol–water partition coefficient (Wildman–Crippen LogP) is 1.01. The van der Waals surface area contributed by atoms with Crippen LogP contribution in [-0.2, 0) is 11.2 Å². The van der Waals surface area contributed by atoms with Crippen LogP contribution in [0.1, 0.15) is 26.3 Å². The van der Waals surface area contributed by atoms with E-state index in [1.165, 1.54) is 5.56 Å². The lowest BCUT2D eigenvalue weighted by atomic mass is 9.92. The SMILES string of the molecule is CN1C(=O)[C@@H](Cc2ccccc2)[NH2+][C@H]1C(C)(C)C. The van der Waals surface area contributed by atoms with E-state index < -0.39 is 0 Å². The van der Waals surface area contributed by atoms with Gasteiger partial charge in [-0.05, 0) is 5.56 Å². The summed E-state index contributed by atoms with van der Waals surface area (Å²) >= 11 is 0. The fraction of sp³-hybridized carbons (Fsp3) is 0.533. The molecule has 0 aromatic heterocycles. The molecule has 2 N–H and O–H groups in total. The molecule has 0 radical (unpaired) electrons. The van der Waals surface area contributed by atoms with Crippen molar-refractivity contribution in [2.75, 3.05) is 7.05 Å². The summed E-state index contributed by atoms with van der Waals surface area (Å²) in [5.74, 6) is 0.249. The van der Waals surface area contributed by atoms with Gasteiger partial charge in [-0.2, -0.15) is 0 Å². The van der Waals surface area contributed by atoms with Crippen LogP contribution in [0.5, 0.6) is 0 Å². The molecule has 98 valence electrons. The molecule has 3 heteroatoms. The van der Waals surface area contributed by atoms with Gasteiger partial charge in [-0.1, -0.05) is 51.1 Å². The number of quaternary nitrogens is 1. The standard InChI is InChI=1S/C15H22N2O/c1-15(2,3)14-16-12(13(18)17(14)4)10-11-8-6-5-7-9-11/h5-9,12,14,16H,10H2,1-4H3/p+1/t12-,14-/m1/s1. The van der Waals surface area contributed by atoms with Crippen LogP contribution in [0.3, 0.4) is 0 Å². The summed E-state index contributed by atoms with van der Waals surface area (Å²) in [6.45, 7) is 6.55. The zero-order valence-electron chi connectivity index (χ0n) is 11.7. The summed E-state index contributed by atoms with van der Waals surface area (Å²) in [5, 5.41) is 2.22. The molecule has 1 aliphatic heterocycles. The van der Waals surface area contributed by atoms with Crippen LogP contribution in [0.4, 0.5) is 0 Å². The Kier molecular flexibility index (Phi) is 3.44. The first kappa shape index (κ1) is 13.1. The van der Waals surface area contributed by atoms with E-state index in [-0.39, 0.29) is 23.5 Å². The van der Waals surface area contributed by atoms with Gasteiger partial charge in [-0.3, -0.25) is 9.69 Å². The Morgan fingerprint density at radius 3 is 2.33 bits per heavy atom. The van der Waals surface area contributed by atoms with Gasteiger partial charge in [-0.15, -0.1) is 0 Å². The fourth-order valence-corrected chi connectivity index (χ4v) is 2.72. The first-order valence-electron chi connectivity index (χ1n) is 6.55. The van der Waals surface area contributed by atoms with Crippen LogP contribution in [0.25, 0.3) is 0 Å². The Balaban J connectivity index is 2.10. The summed E-state index contributed by atoms with van der Waals surface area (Å²) in [4.78, 5) is 14.2. The molecule has 1 amide bonds. The molecular weight excluding hydrogens is 224 g/mol. The number of likely N-dealkylation sites (N-methyl/N-ethyl adjacent to an activating group) is 1. The van der Waals surface area contributed by atoms with E-state index in [0.717, 1.165) is 6.42 Å². The molecule has 1 aromatic carbocycles. The second kappa shape index (κ2) is 4.73. The van der Waals surface area contributed by atoms with E-state index in [0.29, 0.717) is 0 Å². The first-order chi connectivity index (χ1) is 8.39. The first-order valence-corrected chi connectivity index (χ1v) is 6.55. The molecule has 1 saturated heterocycles. The lowest BCUT2D eigenvalue weighted by molar-refractivity contribution is -0.717. The molecule has 3 nitrogen and oxygen atoms in total. The van der Waals surface area contributed by atoms with Crippen LogP contribution in [-0.4, -0.2) is 30.1 Å². The van der Waals surface area contributed by atoms with Crippen LogP contribution in [0, 0.1) is 5.41 Å². The molecule has 0 saturated carbocycles. The number of rotatable bonds is 2. The van der Waals surface area contributed by atoms with Gasteiger partial charge in [0.1, 0.15) is 0 Å². The van der Waals surface area contributed by atoms with Crippen LogP contribution < -0.4 is 5.32 Å². The number of benzene rings is 1. The van der Waals surface area contributed by atoms with Crippen molar-refractivity contribution in [3.63, 3.8) is 0 Å². The van der Waals surface area contributed by atoms with Gasteiger partial charge in [0.25, 0.3) is 5.91 Å². The molecule has 1 aromatic rings. The Labute approximate surface area is 109 Å². The second-order valence-corrected chi connectivity index (χ2v) is 6.25. The van der Waals surface area contributed by atoms with Gasteiger partial charge < -0.3 is 5.32 Å². The molecule has 0 bridgehead atoms. The Bertz CT molecular complexity index is 422. The number of nitrogens with two attached hydrogens (primary N) is 1. The number of hydrogen-bond acceptors (Lipinski definition) is 1. The minimum Gasteiger partial charge on any atom is -0.316 e. The van der Waals surface area contributed by atoms with Crippen molar-refractivity contribution in [3.05, 3.63) is 35.9 Å². The van der Waals surface area contributed by atoms with Gasteiger partial charge in [0.15, 0.2) is 12.2 Å². The third kappa shape index (κ3) is 2.56. The third-order valence-corrected chi connectivity index (χ3v) is 3.68. The maximum absolute atomic E-state index is 12.3. The predicted molar refractivity (Wildman–Crippen MR) is 71.9 cm³/mol. The number of amides is 1. The van der Waals surface area contributed by atoms with E-state index in [2.05, 4.69) is 38.2 Å². The van der Waals surface area contributed by atoms with Crippen LogP contribution in [0.15, 0.2) is 30.3 Å². The zero-order chi connectivity index (χ0) is 13.3. The Morgan fingerprint density at radius 1 is 1.22 bits per heavy atom. The van der Waals surface area contributed by atoms with Crippen molar-refractivity contribution >= 4 is 5.91 Å². The van der Waals surface area contributed by atoms with E-state index in [1.54, 1.807) is 0 Å². The number of nitrogens with zero attached hydrogens (tertiary/aromatic N) is 1. The third-order valence-electron chi connectivity index (χ3n) is 3.68. The maximum atomic E-state index is 12.3. The van der Waals surface area contributed by atoms with Crippen molar-refractivity contribution in [2.24, 2.45) is 5.41 Å². The van der Waals surface area contributed by atoms with Crippen LogP contribution >= 0.6 is 0 Å². The smallest absolute Gasteiger partial charge is 0.285 e. The molecule has 1 heterocycles. The summed E-state index contributed by atoms with van der Waals surface area (Å²) in [5.41, 5.74) is 1.34. The van der Waals surface area contributed by atoms with E-state index in [4.69, 9.17) is 0 Å². The molecule has 0 spiro atoms. The molecular formula is C15H23N2O+. The Hall–Kier alpha value is -1.35. The molecule has 2 rings (SSSR count). The number of carbonyl (C=O) groups excluding carboxylic acids is 1. The van der Waals surface area contributed by atoms with Gasteiger partial charge in [0.2, 0.25) is 0 Å². The van der Waals surface area contributed by atoms with E-state index >= 15 is 0 Å². The van der Waals surface area contributed by atoms with E-state index in [1.807, 2.05) is 30.1 Å². The fourth-order valence-electron chi connectivity index (χ4n) is 2.72. The highest BCUT2D eigenvalue weighted by molar-refractivity contribution is 5.82. The minimum absolute atomic E-state index is 0.0293. The molecule has 0 unspecified atom stereocenters. The quantitative estimate of drug-likeness (QED) is 0.832. The summed E-state index contributed by atoms with van der Waals surface area (Å²) in [7, 11) is 1.92. The summed E-state index contributed by atoms with van der Waals surface area (Å²) < 4.78 is 0. The lowest BCUT2D eigenvalue weighted by Crippen LogP contribution is -2.95. The minimum atomic E-state index is 0.0293. The van der Waals surface area contributed by atoms with Crippen LogP contribution in [0.2, 0.25) is 0 Å². The monoisotopic (exact) mass is 247 g/mol. The normalized spacial score (nSPS) is 24.7. The van der Waals surface area contributed by atoms with Crippen molar-refractivity contribution in [3.8, 4) is 0 Å². The molecule has 1 fully saturated rings. The second-order valence-electron chi connectivity index (χ2n) is 6.25. The van der Waals surface area contributed by atoms with Crippen molar-refractivity contribution in [1.29, 1.82) is 0 Å². The summed E-state index contributed by atoms with van der Waals surface area (Å²) in [6, 6.07) is 10.3. The molecule has 1 aliphatic rings. The highest BCUT2D eigenvalue weighted by atomic mass is 16.2. The zero-order valence-corrected chi connectivity index (χ0v) is 11.7. The number of carbonyl (C=O) groups is 1. The molecule has 18 heavy (non-hydrogen) atoms. The largest absolute Gasteiger partial charge is 0.316 e. The van der Waals surface area contributed by atoms with Gasteiger partial charge in [0, 0.05) is 18.9 Å². The topological polar surface area (TPSA) is 36.9 Å². The molecule has 0 aliphatic carbocycles. The highest BCUT2D eigenvalue weighted by Gasteiger charge is 2.46. The van der Waals surface area contributed by atoms with Crippen molar-refractivity contribution in [1.82, 2.24) is 4.90 Å². The van der Waals surface area contributed by atoms with Gasteiger partial charge >= 0.3 is 0 Å². The van der Waals surface area contributed by atoms with Gasteiger partial charge in [-0.25, -0.2) is 0 Å². The van der Waals surface area contributed by atoms with Crippen molar-refractivity contribution in [2.45, 2.75) is 39.4 Å².